The Kier molecular flexibility index (Phi) is 6.66. The van der Waals surface area contributed by atoms with Gasteiger partial charge in [0.25, 0.3) is 5.78 Å². The molecule has 1 aromatic carbocycles. The predicted molar refractivity (Wildman–Crippen MR) is 144 cm³/mol. The molecule has 0 radical (unpaired) electrons. The van der Waals surface area contributed by atoms with Crippen LogP contribution in [-0.4, -0.2) is 41.2 Å². The van der Waals surface area contributed by atoms with Crippen molar-refractivity contribution in [1.82, 2.24) is 24.6 Å². The van der Waals surface area contributed by atoms with Crippen molar-refractivity contribution in [2.75, 3.05) is 0 Å². The van der Waals surface area contributed by atoms with E-state index in [0.29, 0.717) is 30.3 Å². The van der Waals surface area contributed by atoms with Gasteiger partial charge in [0, 0.05) is 30.8 Å². The van der Waals surface area contributed by atoms with E-state index in [1.165, 1.54) is 11.1 Å². The second-order valence-corrected chi connectivity index (χ2v) is 10.8. The van der Waals surface area contributed by atoms with Gasteiger partial charge in [-0.1, -0.05) is 31.9 Å². The first kappa shape index (κ1) is 25.3. The predicted octanol–water partition coefficient (Wildman–Crippen LogP) is 5.51. The highest BCUT2D eigenvalue weighted by Gasteiger charge is 2.48. The standard InChI is InChI=1S/C30H33N5O4/c1-3-21-14-20(8-9-23(21)27-31-12-13-38-27)10-11-30(22-6-4-5-7-22)16-25(36)24(28(37)39-30)15-26-33-29-32-17-19(2)18-35(29)34-26/h8-9,12-14,17-18,22,36H,3-7,10-11,15-16H2,1-2H3. The van der Waals surface area contributed by atoms with Crippen molar-refractivity contribution in [3.8, 4) is 11.5 Å². The van der Waals surface area contributed by atoms with Gasteiger partial charge in [-0.3, -0.25) is 0 Å². The number of esters is 1. The minimum Gasteiger partial charge on any atom is -0.512 e. The second kappa shape index (κ2) is 10.3. The lowest BCUT2D eigenvalue weighted by Gasteiger charge is -2.41. The van der Waals surface area contributed by atoms with Gasteiger partial charge in [-0.05, 0) is 67.7 Å². The molecule has 202 valence electrons. The summed E-state index contributed by atoms with van der Waals surface area (Å²) in [5.41, 5.74) is 3.80. The lowest BCUT2D eigenvalue weighted by Crippen LogP contribution is -2.46. The van der Waals surface area contributed by atoms with Crippen molar-refractivity contribution in [3.63, 3.8) is 0 Å². The number of oxazole rings is 1. The number of aliphatic hydroxyl groups is 1. The summed E-state index contributed by atoms with van der Waals surface area (Å²) in [5.74, 6) is 1.36. The largest absolute Gasteiger partial charge is 0.512 e. The molecule has 1 unspecified atom stereocenters. The molecule has 0 spiro atoms. The third-order valence-electron chi connectivity index (χ3n) is 8.21. The van der Waals surface area contributed by atoms with Crippen LogP contribution in [0.1, 0.15) is 68.0 Å². The average Bonchev–Trinajstić information content (AvgIpc) is 3.71. The van der Waals surface area contributed by atoms with E-state index in [9.17, 15) is 9.90 Å². The summed E-state index contributed by atoms with van der Waals surface area (Å²) in [5, 5.41) is 15.7. The van der Waals surface area contributed by atoms with Crippen molar-refractivity contribution in [1.29, 1.82) is 0 Å². The van der Waals surface area contributed by atoms with Crippen LogP contribution in [-0.2, 0) is 28.8 Å². The molecule has 6 rings (SSSR count). The maximum absolute atomic E-state index is 13.4. The Morgan fingerprint density at radius 2 is 2.05 bits per heavy atom. The maximum atomic E-state index is 13.4. The number of ether oxygens (including phenoxy) is 1. The molecular weight excluding hydrogens is 494 g/mol. The lowest BCUT2D eigenvalue weighted by molar-refractivity contribution is -0.167. The first-order valence-corrected chi connectivity index (χ1v) is 13.8. The van der Waals surface area contributed by atoms with Crippen molar-refractivity contribution < 1.29 is 19.1 Å². The first-order valence-electron chi connectivity index (χ1n) is 13.8. The Morgan fingerprint density at radius 3 is 2.79 bits per heavy atom. The third-order valence-corrected chi connectivity index (χ3v) is 8.21. The van der Waals surface area contributed by atoms with E-state index in [1.54, 1.807) is 23.2 Å². The number of aromatic nitrogens is 5. The Labute approximate surface area is 227 Å². The third kappa shape index (κ3) is 4.93. The van der Waals surface area contributed by atoms with Crippen molar-refractivity contribution >= 4 is 11.7 Å². The van der Waals surface area contributed by atoms with Crippen LogP contribution in [0.25, 0.3) is 17.2 Å². The summed E-state index contributed by atoms with van der Waals surface area (Å²) in [4.78, 5) is 26.4. The molecule has 0 amide bonds. The Balaban J connectivity index is 1.24. The van der Waals surface area contributed by atoms with Gasteiger partial charge >= 0.3 is 5.97 Å². The number of cyclic esters (lactones) is 1. The van der Waals surface area contributed by atoms with Crippen molar-refractivity contribution in [2.45, 2.75) is 77.2 Å². The van der Waals surface area contributed by atoms with E-state index in [4.69, 9.17) is 9.15 Å². The Hall–Kier alpha value is -4.01. The molecule has 9 heteroatoms. The van der Waals surface area contributed by atoms with Crippen LogP contribution in [0, 0.1) is 12.8 Å². The normalized spacial score (nSPS) is 20.2. The molecule has 1 N–H and O–H groups in total. The van der Waals surface area contributed by atoms with Crippen LogP contribution < -0.4 is 0 Å². The maximum Gasteiger partial charge on any atom is 0.338 e. The minimum atomic E-state index is -0.722. The number of hydrogen-bond acceptors (Lipinski definition) is 8. The van der Waals surface area contributed by atoms with Gasteiger partial charge in [0.15, 0.2) is 5.82 Å². The molecule has 4 heterocycles. The topological polar surface area (TPSA) is 116 Å². The average molecular weight is 528 g/mol. The fourth-order valence-electron chi connectivity index (χ4n) is 6.16. The number of carbonyl (C=O) groups is 1. The summed E-state index contributed by atoms with van der Waals surface area (Å²) in [7, 11) is 0. The number of hydrogen-bond donors (Lipinski definition) is 1. The van der Waals surface area contributed by atoms with Gasteiger partial charge in [-0.2, -0.15) is 4.98 Å². The van der Waals surface area contributed by atoms with E-state index in [2.05, 4.69) is 45.2 Å². The zero-order valence-electron chi connectivity index (χ0n) is 22.4. The van der Waals surface area contributed by atoms with E-state index >= 15 is 0 Å². The van der Waals surface area contributed by atoms with Gasteiger partial charge in [-0.25, -0.2) is 19.3 Å². The smallest absolute Gasteiger partial charge is 0.338 e. The summed E-state index contributed by atoms with van der Waals surface area (Å²) in [6, 6.07) is 6.35. The van der Waals surface area contributed by atoms with Gasteiger partial charge in [0.1, 0.15) is 17.6 Å². The molecule has 1 saturated carbocycles. The number of aryl methyl sites for hydroxylation is 3. The molecule has 1 atom stereocenters. The molecule has 39 heavy (non-hydrogen) atoms. The molecule has 1 aliphatic heterocycles. The Morgan fingerprint density at radius 1 is 1.21 bits per heavy atom. The van der Waals surface area contributed by atoms with Crippen LogP contribution in [0.3, 0.4) is 0 Å². The summed E-state index contributed by atoms with van der Waals surface area (Å²) < 4.78 is 13.4. The molecule has 2 aliphatic rings. The SMILES string of the molecule is CCc1cc(CCC2(C3CCCC3)CC(O)=C(Cc3nc4ncc(C)cn4n3)C(=O)O2)ccc1-c1ncco1. The number of aliphatic hydroxyl groups excluding tert-OH is 1. The van der Waals surface area contributed by atoms with Crippen molar-refractivity contribution in [3.05, 3.63) is 76.9 Å². The number of nitrogens with zero attached hydrogens (tertiary/aromatic N) is 5. The quantitative estimate of drug-likeness (QED) is 0.298. The van der Waals surface area contributed by atoms with Gasteiger partial charge in [0.05, 0.1) is 11.8 Å². The molecule has 9 nitrogen and oxygen atoms in total. The number of carbonyl (C=O) groups excluding carboxylic acids is 1. The van der Waals surface area contributed by atoms with Gasteiger partial charge in [-0.15, -0.1) is 5.10 Å². The van der Waals surface area contributed by atoms with Crippen LogP contribution >= 0.6 is 0 Å². The van der Waals surface area contributed by atoms with Crippen LogP contribution in [0.2, 0.25) is 0 Å². The zero-order chi connectivity index (χ0) is 27.0. The number of rotatable bonds is 8. The fourth-order valence-corrected chi connectivity index (χ4v) is 6.16. The van der Waals surface area contributed by atoms with Gasteiger partial charge in [0.2, 0.25) is 5.89 Å². The molecule has 0 bridgehead atoms. The highest BCUT2D eigenvalue weighted by Crippen LogP contribution is 2.46. The number of fused-ring (bicyclic) bond motifs is 1. The molecule has 1 aliphatic carbocycles. The molecule has 1 fully saturated rings. The second-order valence-electron chi connectivity index (χ2n) is 10.8. The van der Waals surface area contributed by atoms with Crippen LogP contribution in [0.15, 0.2) is 58.8 Å². The van der Waals surface area contributed by atoms with Crippen LogP contribution in [0.5, 0.6) is 0 Å². The van der Waals surface area contributed by atoms with E-state index in [0.717, 1.165) is 49.7 Å². The van der Waals surface area contributed by atoms with E-state index < -0.39 is 11.6 Å². The minimum absolute atomic E-state index is 0.0923. The van der Waals surface area contributed by atoms with Crippen molar-refractivity contribution in [2.24, 2.45) is 5.92 Å². The molecule has 4 aromatic rings. The monoisotopic (exact) mass is 527 g/mol. The summed E-state index contributed by atoms with van der Waals surface area (Å²) in [6.45, 7) is 4.05. The highest BCUT2D eigenvalue weighted by molar-refractivity contribution is 5.90. The first-order chi connectivity index (χ1) is 18.9. The highest BCUT2D eigenvalue weighted by atomic mass is 16.6. The molecule has 3 aromatic heterocycles. The van der Waals surface area contributed by atoms with E-state index in [1.807, 2.05) is 13.1 Å². The molecular formula is C30H33N5O4. The number of benzene rings is 1. The fraction of sp³-hybridized carbons (Fsp3) is 0.433. The zero-order valence-corrected chi connectivity index (χ0v) is 22.4. The lowest BCUT2D eigenvalue weighted by atomic mass is 9.76. The summed E-state index contributed by atoms with van der Waals surface area (Å²) in [6.07, 6.45) is 13.7. The van der Waals surface area contributed by atoms with Gasteiger partial charge < -0.3 is 14.3 Å². The Bertz CT molecular complexity index is 1530. The van der Waals surface area contributed by atoms with E-state index in [-0.39, 0.29) is 23.7 Å². The van der Waals surface area contributed by atoms with Crippen LogP contribution in [0.4, 0.5) is 0 Å². The summed E-state index contributed by atoms with van der Waals surface area (Å²) >= 11 is 0. The molecule has 0 saturated heterocycles.